The molecule has 0 aliphatic carbocycles. The van der Waals surface area contributed by atoms with Gasteiger partial charge >= 0.3 is 12.0 Å². The van der Waals surface area contributed by atoms with Crippen LogP contribution in [0.5, 0.6) is 0 Å². The van der Waals surface area contributed by atoms with Crippen molar-refractivity contribution in [1.29, 1.82) is 5.26 Å². The molecule has 3 N–H and O–H groups in total. The smallest absolute Gasteiger partial charge is 0.332 e. The number of carbonyl (C=O) groups excluding carboxylic acids is 2. The van der Waals surface area contributed by atoms with Crippen molar-refractivity contribution in [2.75, 3.05) is 6.61 Å². The van der Waals surface area contributed by atoms with Crippen LogP contribution in [0.15, 0.2) is 53.6 Å². The van der Waals surface area contributed by atoms with Crippen LogP contribution >= 0.6 is 23.2 Å². The predicted octanol–water partition coefficient (Wildman–Crippen LogP) is 4.24. The minimum Gasteiger partial charge on any atom is -0.465 e. The molecule has 9 heteroatoms. The number of nitriles is 1. The third-order valence-electron chi connectivity index (χ3n) is 4.27. The van der Waals surface area contributed by atoms with Crippen LogP contribution in [0.4, 0.5) is 4.79 Å². The Morgan fingerprint density at radius 1 is 1.13 bits per heavy atom. The molecule has 0 saturated carbocycles. The summed E-state index contributed by atoms with van der Waals surface area (Å²) in [6.45, 7) is 1.81. The third-order valence-corrected chi connectivity index (χ3v) is 4.78. The number of ether oxygens (including phenoxy) is 1. The van der Waals surface area contributed by atoms with Gasteiger partial charge in [-0.2, -0.15) is 10.4 Å². The van der Waals surface area contributed by atoms with E-state index in [1.54, 1.807) is 55.5 Å². The number of hydrogen-bond donors (Lipinski definition) is 2. The van der Waals surface area contributed by atoms with E-state index in [2.05, 4.69) is 10.5 Å². The Hall–Kier alpha value is -3.08. The number of amides is 2. The number of benzene rings is 2. The second kappa shape index (κ2) is 11.2. The maximum Gasteiger partial charge on any atom is 0.332 e. The minimum absolute atomic E-state index is 0.139. The van der Waals surface area contributed by atoms with Gasteiger partial charge in [-0.15, -0.1) is 0 Å². The van der Waals surface area contributed by atoms with Gasteiger partial charge < -0.3 is 10.5 Å². The maximum atomic E-state index is 12.5. The summed E-state index contributed by atoms with van der Waals surface area (Å²) in [7, 11) is 0. The first-order valence-corrected chi connectivity index (χ1v) is 9.81. The highest BCUT2D eigenvalue weighted by molar-refractivity contribution is 6.31. The van der Waals surface area contributed by atoms with Gasteiger partial charge in [-0.3, -0.25) is 4.79 Å². The van der Waals surface area contributed by atoms with Crippen LogP contribution in [0, 0.1) is 17.2 Å². The van der Waals surface area contributed by atoms with Crippen LogP contribution in [0.25, 0.3) is 0 Å². The summed E-state index contributed by atoms with van der Waals surface area (Å²) in [4.78, 5) is 23.7. The number of rotatable bonds is 8. The Kier molecular flexibility index (Phi) is 8.66. The molecule has 2 atom stereocenters. The molecule has 0 aromatic heterocycles. The topological polar surface area (TPSA) is 118 Å². The summed E-state index contributed by atoms with van der Waals surface area (Å²) in [5.74, 6) is -2.36. The van der Waals surface area contributed by atoms with Gasteiger partial charge in [0, 0.05) is 22.4 Å². The van der Waals surface area contributed by atoms with Crippen LogP contribution in [0.3, 0.4) is 0 Å². The van der Waals surface area contributed by atoms with E-state index < -0.39 is 23.8 Å². The SMILES string of the molecule is CCOC(=O)C(C#N)C(C/C(=N/NC(N)=O)c1ccc(Cl)cc1)c1ccc(Cl)cc1. The minimum atomic E-state index is -1.10. The molecule has 7 nitrogen and oxygen atoms in total. The second-order valence-electron chi connectivity index (χ2n) is 6.26. The lowest BCUT2D eigenvalue weighted by Gasteiger charge is -2.22. The van der Waals surface area contributed by atoms with Crippen molar-refractivity contribution in [2.24, 2.45) is 16.8 Å². The van der Waals surface area contributed by atoms with Crippen LogP contribution in [-0.2, 0) is 9.53 Å². The van der Waals surface area contributed by atoms with Crippen molar-refractivity contribution in [3.63, 3.8) is 0 Å². The van der Waals surface area contributed by atoms with Crippen LogP contribution in [0.1, 0.15) is 30.4 Å². The average molecular weight is 447 g/mol. The molecule has 0 aliphatic heterocycles. The number of nitrogens with two attached hydrogens (primary N) is 1. The third kappa shape index (κ3) is 6.48. The quantitative estimate of drug-likeness (QED) is 0.358. The van der Waals surface area contributed by atoms with Gasteiger partial charge in [0.1, 0.15) is 0 Å². The summed E-state index contributed by atoms with van der Waals surface area (Å²) >= 11 is 12.0. The van der Waals surface area contributed by atoms with E-state index in [1.165, 1.54) is 0 Å². The molecule has 2 aromatic rings. The Balaban J connectivity index is 2.50. The predicted molar refractivity (Wildman–Crippen MR) is 115 cm³/mol. The first-order valence-electron chi connectivity index (χ1n) is 9.05. The number of urea groups is 1. The van der Waals surface area contributed by atoms with E-state index in [0.29, 0.717) is 26.9 Å². The lowest BCUT2D eigenvalue weighted by molar-refractivity contribution is -0.146. The van der Waals surface area contributed by atoms with E-state index in [-0.39, 0.29) is 13.0 Å². The molecule has 2 rings (SSSR count). The molecular formula is C21H20Cl2N4O3. The van der Waals surface area contributed by atoms with Gasteiger partial charge in [0.25, 0.3) is 0 Å². The molecule has 2 aromatic carbocycles. The number of primary amides is 1. The molecule has 156 valence electrons. The lowest BCUT2D eigenvalue weighted by Crippen LogP contribution is -2.29. The number of carbonyl (C=O) groups is 2. The number of hydrogen-bond acceptors (Lipinski definition) is 5. The highest BCUT2D eigenvalue weighted by atomic mass is 35.5. The molecule has 2 amide bonds. The Bertz CT molecular complexity index is 954. The Morgan fingerprint density at radius 3 is 2.20 bits per heavy atom. The Labute approximate surface area is 184 Å². The van der Waals surface area contributed by atoms with E-state index in [9.17, 15) is 14.9 Å². The lowest BCUT2D eigenvalue weighted by atomic mass is 9.81. The zero-order valence-corrected chi connectivity index (χ0v) is 17.7. The van der Waals surface area contributed by atoms with Gasteiger partial charge in [0.2, 0.25) is 0 Å². The van der Waals surface area contributed by atoms with Crippen LogP contribution in [0.2, 0.25) is 10.0 Å². The van der Waals surface area contributed by atoms with Crippen LogP contribution < -0.4 is 11.2 Å². The molecule has 0 radical (unpaired) electrons. The maximum absolute atomic E-state index is 12.5. The summed E-state index contributed by atoms with van der Waals surface area (Å²) in [6.07, 6.45) is 0.139. The molecule has 0 aliphatic rings. The van der Waals surface area contributed by atoms with E-state index in [0.717, 1.165) is 0 Å². The number of halogens is 2. The monoisotopic (exact) mass is 446 g/mol. The van der Waals surface area contributed by atoms with Gasteiger partial charge in [0.15, 0.2) is 5.92 Å². The summed E-state index contributed by atoms with van der Waals surface area (Å²) in [5, 5.41) is 14.9. The van der Waals surface area contributed by atoms with E-state index >= 15 is 0 Å². The first-order chi connectivity index (χ1) is 14.3. The highest BCUT2D eigenvalue weighted by Gasteiger charge is 2.32. The van der Waals surface area contributed by atoms with Crippen molar-refractivity contribution in [2.45, 2.75) is 19.3 Å². The van der Waals surface area contributed by atoms with Gasteiger partial charge in [0.05, 0.1) is 18.4 Å². The van der Waals surface area contributed by atoms with Crippen molar-refractivity contribution in [3.05, 3.63) is 69.7 Å². The number of nitrogens with zero attached hydrogens (tertiary/aromatic N) is 2. The second-order valence-corrected chi connectivity index (χ2v) is 7.14. The summed E-state index contributed by atoms with van der Waals surface area (Å²) < 4.78 is 5.09. The number of hydrazone groups is 1. The van der Waals surface area contributed by atoms with Crippen molar-refractivity contribution in [3.8, 4) is 6.07 Å². The standard InChI is InChI=1S/C21H20Cl2N4O3/c1-2-30-20(28)18(12-24)17(13-3-7-15(22)8-4-13)11-19(26-27-21(25)29)14-5-9-16(23)10-6-14/h3-10,17-18H,2,11H2,1H3,(H3,25,27,29)/b26-19-. The zero-order valence-electron chi connectivity index (χ0n) is 16.1. The molecule has 2 unspecified atom stereocenters. The van der Waals surface area contributed by atoms with E-state index in [1.807, 2.05) is 6.07 Å². The molecular weight excluding hydrogens is 427 g/mol. The molecule has 0 heterocycles. The van der Waals surface area contributed by atoms with Crippen molar-refractivity contribution < 1.29 is 14.3 Å². The molecule has 30 heavy (non-hydrogen) atoms. The summed E-state index contributed by atoms with van der Waals surface area (Å²) in [6, 6.07) is 14.8. The Morgan fingerprint density at radius 2 is 1.70 bits per heavy atom. The van der Waals surface area contributed by atoms with Crippen LogP contribution in [-0.4, -0.2) is 24.3 Å². The fourth-order valence-corrected chi connectivity index (χ4v) is 3.13. The van der Waals surface area contributed by atoms with Crippen molar-refractivity contribution >= 4 is 40.9 Å². The summed E-state index contributed by atoms with van der Waals surface area (Å²) in [5.41, 5.74) is 9.12. The highest BCUT2D eigenvalue weighted by Crippen LogP contribution is 2.32. The van der Waals surface area contributed by atoms with E-state index in [4.69, 9.17) is 33.7 Å². The zero-order chi connectivity index (χ0) is 22.1. The fraction of sp³-hybridized carbons (Fsp3) is 0.238. The van der Waals surface area contributed by atoms with Gasteiger partial charge in [-0.25, -0.2) is 10.2 Å². The van der Waals surface area contributed by atoms with Gasteiger partial charge in [-0.05, 0) is 42.3 Å². The first kappa shape index (κ1) is 23.2. The largest absolute Gasteiger partial charge is 0.465 e. The van der Waals surface area contributed by atoms with Crippen molar-refractivity contribution in [1.82, 2.24) is 5.43 Å². The molecule has 0 saturated heterocycles. The van der Waals surface area contributed by atoms with Gasteiger partial charge in [-0.1, -0.05) is 47.5 Å². The normalized spacial score (nSPS) is 13.1. The molecule has 0 bridgehead atoms. The molecule has 0 fully saturated rings. The molecule has 0 spiro atoms. The number of esters is 1. The average Bonchev–Trinajstić information content (AvgIpc) is 2.72. The number of nitrogens with one attached hydrogen (secondary N) is 1. The fourth-order valence-electron chi connectivity index (χ4n) is 2.88.